The van der Waals surface area contributed by atoms with Crippen LogP contribution in [0.25, 0.3) is 16.7 Å². The van der Waals surface area contributed by atoms with Crippen molar-refractivity contribution in [2.24, 2.45) is 4.99 Å². The molecule has 5 rings (SSSR count). The summed E-state index contributed by atoms with van der Waals surface area (Å²) >= 11 is 0. The normalized spacial score (nSPS) is 12.3. The maximum atomic E-state index is 13.7. The van der Waals surface area contributed by atoms with Crippen molar-refractivity contribution >= 4 is 28.6 Å². The molecule has 9 nitrogen and oxygen atoms in total. The first-order chi connectivity index (χ1) is 18.7. The molecule has 1 amide bonds. The van der Waals surface area contributed by atoms with Crippen LogP contribution in [0.15, 0.2) is 87.3 Å². The Morgan fingerprint density at radius 2 is 1.82 bits per heavy atom. The van der Waals surface area contributed by atoms with Crippen LogP contribution in [-0.4, -0.2) is 32.4 Å². The van der Waals surface area contributed by atoms with Crippen LogP contribution in [0, 0.1) is 0 Å². The van der Waals surface area contributed by atoms with Crippen molar-refractivity contribution in [3.05, 3.63) is 111 Å². The molecule has 0 atom stereocenters. The van der Waals surface area contributed by atoms with Crippen molar-refractivity contribution in [1.29, 1.82) is 0 Å². The number of fused-ring (bicyclic) bond motifs is 2. The van der Waals surface area contributed by atoms with Gasteiger partial charge < -0.3 is 13.7 Å². The average molecular weight is 536 g/mol. The van der Waals surface area contributed by atoms with E-state index in [4.69, 9.17) is 9.15 Å². The van der Waals surface area contributed by atoms with Crippen molar-refractivity contribution in [2.45, 2.75) is 19.6 Å². The van der Waals surface area contributed by atoms with E-state index >= 15 is 0 Å². The highest BCUT2D eigenvalue weighted by Gasteiger charge is 2.35. The molecule has 0 spiro atoms. The lowest BCUT2D eigenvalue weighted by atomic mass is 10.1. The van der Waals surface area contributed by atoms with Crippen LogP contribution >= 0.6 is 0 Å². The van der Waals surface area contributed by atoms with Crippen LogP contribution in [-0.2, 0) is 17.5 Å². The van der Waals surface area contributed by atoms with Gasteiger partial charge in [-0.3, -0.25) is 14.0 Å². The Labute approximate surface area is 217 Å². The second-order valence-corrected chi connectivity index (χ2v) is 8.31. The molecule has 0 bridgehead atoms. The number of carbonyl (C=O) groups excluding carboxylic acids is 2. The first-order valence-electron chi connectivity index (χ1n) is 11.7. The zero-order valence-corrected chi connectivity index (χ0v) is 20.3. The van der Waals surface area contributed by atoms with Gasteiger partial charge in [0.25, 0.3) is 11.5 Å². The number of nitrogens with zero attached hydrogens (tertiary/aromatic N) is 4. The number of amides is 1. The van der Waals surface area contributed by atoms with Gasteiger partial charge in [0.15, 0.2) is 5.49 Å². The van der Waals surface area contributed by atoms with Crippen molar-refractivity contribution in [3.63, 3.8) is 0 Å². The van der Waals surface area contributed by atoms with Crippen molar-refractivity contribution < 1.29 is 31.9 Å². The Hall–Kier alpha value is -5.00. The van der Waals surface area contributed by atoms with Crippen LogP contribution in [0.4, 0.5) is 13.2 Å². The molecule has 0 unspecified atom stereocenters. The Morgan fingerprint density at radius 3 is 2.54 bits per heavy atom. The van der Waals surface area contributed by atoms with Crippen LogP contribution in [0.3, 0.4) is 0 Å². The summed E-state index contributed by atoms with van der Waals surface area (Å²) in [6.07, 6.45) is -1.93. The van der Waals surface area contributed by atoms with E-state index in [2.05, 4.69) is 9.98 Å². The summed E-state index contributed by atoms with van der Waals surface area (Å²) in [5.74, 6) is -1.84. The molecular formula is C27H19F3N4O5. The summed E-state index contributed by atoms with van der Waals surface area (Å²) in [5.41, 5.74) is -2.77. The minimum absolute atomic E-state index is 0.00426. The molecule has 1 aromatic carbocycles. The van der Waals surface area contributed by atoms with Gasteiger partial charge in [0.1, 0.15) is 22.6 Å². The molecule has 4 aromatic heterocycles. The SMILES string of the molecule is CCOC(=O)c1cc2c(=O)n3ccccc3nc2n(Cc2ccco2)c1=NC(=O)c1ccccc1C(F)(F)F. The fraction of sp³-hybridized carbons (Fsp3) is 0.148. The minimum Gasteiger partial charge on any atom is -0.467 e. The number of pyridine rings is 2. The molecule has 4 heterocycles. The fourth-order valence-electron chi connectivity index (χ4n) is 4.14. The van der Waals surface area contributed by atoms with E-state index in [1.807, 2.05) is 0 Å². The van der Waals surface area contributed by atoms with Crippen LogP contribution in [0.1, 0.15) is 39.0 Å². The Balaban J connectivity index is 1.90. The monoisotopic (exact) mass is 536 g/mol. The topological polar surface area (TPSA) is 108 Å². The molecule has 0 fully saturated rings. The number of esters is 1. The smallest absolute Gasteiger partial charge is 0.417 e. The summed E-state index contributed by atoms with van der Waals surface area (Å²) in [4.78, 5) is 48.2. The van der Waals surface area contributed by atoms with E-state index in [0.717, 1.165) is 18.2 Å². The van der Waals surface area contributed by atoms with Crippen LogP contribution < -0.4 is 11.0 Å². The first-order valence-corrected chi connectivity index (χ1v) is 11.7. The zero-order valence-electron chi connectivity index (χ0n) is 20.3. The predicted molar refractivity (Wildman–Crippen MR) is 132 cm³/mol. The number of hydrogen-bond acceptors (Lipinski definition) is 6. The van der Waals surface area contributed by atoms with Gasteiger partial charge in [-0.15, -0.1) is 0 Å². The Morgan fingerprint density at radius 1 is 1.05 bits per heavy atom. The van der Waals surface area contributed by atoms with E-state index < -0.39 is 34.7 Å². The molecule has 0 aliphatic heterocycles. The standard InChI is InChI=1S/C27H19F3N4O5/c1-2-38-26(37)19-14-18-22(31-21-11-5-6-12-33(21)25(18)36)34(15-16-8-7-13-39-16)23(19)32-24(35)17-9-3-4-10-20(17)27(28,29)30/h3-14H,2,15H2,1H3. The molecule has 39 heavy (non-hydrogen) atoms. The lowest BCUT2D eigenvalue weighted by molar-refractivity contribution is -0.137. The number of benzene rings is 1. The van der Waals surface area contributed by atoms with E-state index in [-0.39, 0.29) is 40.9 Å². The molecule has 0 aliphatic rings. The molecule has 0 aliphatic carbocycles. The number of carbonyl (C=O) groups is 2. The molecule has 0 saturated heterocycles. The van der Waals surface area contributed by atoms with Crippen molar-refractivity contribution in [1.82, 2.24) is 14.0 Å². The van der Waals surface area contributed by atoms with E-state index in [9.17, 15) is 27.6 Å². The lowest BCUT2D eigenvalue weighted by Crippen LogP contribution is -2.33. The molecular weight excluding hydrogens is 517 g/mol. The maximum absolute atomic E-state index is 13.7. The van der Waals surface area contributed by atoms with Gasteiger partial charge in [0, 0.05) is 6.20 Å². The first kappa shape index (κ1) is 25.6. The van der Waals surface area contributed by atoms with Gasteiger partial charge in [-0.25, -0.2) is 9.78 Å². The number of alkyl halides is 3. The van der Waals surface area contributed by atoms with E-state index in [0.29, 0.717) is 5.76 Å². The predicted octanol–water partition coefficient (Wildman–Crippen LogP) is 4.23. The summed E-state index contributed by atoms with van der Waals surface area (Å²) in [5, 5.41) is -0.00426. The van der Waals surface area contributed by atoms with E-state index in [1.54, 1.807) is 37.3 Å². The number of aromatic nitrogens is 3. The van der Waals surface area contributed by atoms with Gasteiger partial charge in [-0.2, -0.15) is 18.2 Å². The second kappa shape index (κ2) is 10.0. The highest BCUT2D eigenvalue weighted by Crippen LogP contribution is 2.32. The van der Waals surface area contributed by atoms with Gasteiger partial charge in [-0.1, -0.05) is 18.2 Å². The van der Waals surface area contributed by atoms with Gasteiger partial charge in [-0.05, 0) is 49.4 Å². The average Bonchev–Trinajstić information content (AvgIpc) is 3.43. The third kappa shape index (κ3) is 4.83. The number of halogens is 3. The van der Waals surface area contributed by atoms with Crippen molar-refractivity contribution in [3.8, 4) is 0 Å². The zero-order chi connectivity index (χ0) is 27.7. The molecule has 198 valence electrons. The largest absolute Gasteiger partial charge is 0.467 e. The summed E-state index contributed by atoms with van der Waals surface area (Å²) in [6, 6.07) is 13.5. The quantitative estimate of drug-likeness (QED) is 0.246. The highest BCUT2D eigenvalue weighted by atomic mass is 19.4. The maximum Gasteiger partial charge on any atom is 0.417 e. The van der Waals surface area contributed by atoms with Gasteiger partial charge >= 0.3 is 12.1 Å². The fourth-order valence-corrected chi connectivity index (χ4v) is 4.14. The molecule has 5 aromatic rings. The number of furan rings is 1. The third-order valence-corrected chi connectivity index (χ3v) is 5.85. The van der Waals surface area contributed by atoms with Gasteiger partial charge in [0.2, 0.25) is 0 Å². The highest BCUT2D eigenvalue weighted by molar-refractivity contribution is 5.98. The molecule has 0 radical (unpaired) electrons. The second-order valence-electron chi connectivity index (χ2n) is 8.31. The summed E-state index contributed by atoms with van der Waals surface area (Å²) < 4.78 is 54.1. The molecule has 0 saturated carbocycles. The Bertz CT molecular complexity index is 1850. The Kier molecular flexibility index (Phi) is 6.60. The summed E-state index contributed by atoms with van der Waals surface area (Å²) in [7, 11) is 0. The van der Waals surface area contributed by atoms with Crippen LogP contribution in [0.5, 0.6) is 0 Å². The van der Waals surface area contributed by atoms with Crippen LogP contribution in [0.2, 0.25) is 0 Å². The van der Waals surface area contributed by atoms with Crippen molar-refractivity contribution in [2.75, 3.05) is 6.61 Å². The van der Waals surface area contributed by atoms with Gasteiger partial charge in [0.05, 0.1) is 35.9 Å². The molecule has 0 N–H and O–H groups in total. The number of ether oxygens (including phenoxy) is 1. The summed E-state index contributed by atoms with van der Waals surface area (Å²) in [6.45, 7) is 1.36. The third-order valence-electron chi connectivity index (χ3n) is 5.85. The number of rotatable bonds is 5. The molecule has 12 heteroatoms. The lowest BCUT2D eigenvalue weighted by Gasteiger charge is -2.15. The number of hydrogen-bond donors (Lipinski definition) is 0. The minimum atomic E-state index is -4.82. The van der Waals surface area contributed by atoms with E-state index in [1.165, 1.54) is 33.6 Å².